The van der Waals surface area contributed by atoms with Gasteiger partial charge in [0.25, 0.3) is 0 Å². The average molecular weight is 251 g/mol. The van der Waals surface area contributed by atoms with E-state index in [9.17, 15) is 0 Å². The first-order valence-corrected chi connectivity index (χ1v) is 6.89. The minimum Gasteiger partial charge on any atom is -0.465 e. The fourth-order valence-corrected chi connectivity index (χ4v) is 2.63. The molecule has 1 aliphatic heterocycles. The molecule has 102 valence electrons. The Balaban J connectivity index is 1.93. The van der Waals surface area contributed by atoms with E-state index in [1.54, 1.807) is 0 Å². The van der Waals surface area contributed by atoms with Crippen molar-refractivity contribution in [3.63, 3.8) is 0 Å². The lowest BCUT2D eigenvalue weighted by Crippen LogP contribution is -2.48. The summed E-state index contributed by atoms with van der Waals surface area (Å²) in [5.74, 6) is 2.04. The number of rotatable bonds is 5. The summed E-state index contributed by atoms with van der Waals surface area (Å²) in [6.45, 7) is 8.81. The molecule has 1 aromatic heterocycles. The van der Waals surface area contributed by atoms with Crippen LogP contribution < -0.4 is 10.6 Å². The van der Waals surface area contributed by atoms with Crippen LogP contribution >= 0.6 is 0 Å². The second-order valence-corrected chi connectivity index (χ2v) is 5.16. The maximum absolute atomic E-state index is 5.73. The molecule has 0 bridgehead atoms. The molecule has 0 saturated carbocycles. The highest BCUT2D eigenvalue weighted by atomic mass is 16.3. The summed E-state index contributed by atoms with van der Waals surface area (Å²) in [6.07, 6.45) is 1.09. The first-order valence-electron chi connectivity index (χ1n) is 6.89. The zero-order valence-corrected chi connectivity index (χ0v) is 11.7. The topological polar surface area (TPSA) is 40.4 Å². The molecule has 1 aromatic rings. The molecule has 0 amide bonds. The minimum absolute atomic E-state index is 0.309. The van der Waals surface area contributed by atoms with Crippen LogP contribution in [0.1, 0.15) is 30.9 Å². The van der Waals surface area contributed by atoms with Crippen molar-refractivity contribution in [2.24, 2.45) is 0 Å². The first kappa shape index (κ1) is 13.6. The lowest BCUT2D eigenvalue weighted by molar-refractivity contribution is 0.163. The van der Waals surface area contributed by atoms with Crippen LogP contribution in [-0.2, 0) is 0 Å². The van der Waals surface area contributed by atoms with Gasteiger partial charge in [0.15, 0.2) is 0 Å². The third-order valence-electron chi connectivity index (χ3n) is 3.80. The van der Waals surface area contributed by atoms with Crippen LogP contribution in [0, 0.1) is 6.92 Å². The molecule has 2 unspecified atom stereocenters. The molecule has 0 aliphatic carbocycles. The number of hydrogen-bond acceptors (Lipinski definition) is 4. The van der Waals surface area contributed by atoms with E-state index in [0.717, 1.165) is 44.1 Å². The molecule has 2 N–H and O–H groups in total. The van der Waals surface area contributed by atoms with Crippen molar-refractivity contribution < 1.29 is 4.42 Å². The zero-order chi connectivity index (χ0) is 13.0. The molecule has 2 atom stereocenters. The van der Waals surface area contributed by atoms with Crippen molar-refractivity contribution in [2.75, 3.05) is 33.2 Å². The van der Waals surface area contributed by atoms with Crippen LogP contribution in [0.25, 0.3) is 0 Å². The van der Waals surface area contributed by atoms with Crippen molar-refractivity contribution in [1.29, 1.82) is 0 Å². The highest BCUT2D eigenvalue weighted by molar-refractivity contribution is 5.10. The van der Waals surface area contributed by atoms with Crippen LogP contribution in [0.15, 0.2) is 16.5 Å². The molecule has 4 heteroatoms. The van der Waals surface area contributed by atoms with Gasteiger partial charge in [0.2, 0.25) is 0 Å². The summed E-state index contributed by atoms with van der Waals surface area (Å²) in [6, 6.07) is 5.01. The van der Waals surface area contributed by atoms with E-state index in [0.29, 0.717) is 12.1 Å². The number of aryl methyl sites for hydroxylation is 1. The first-order chi connectivity index (χ1) is 8.70. The molecule has 1 saturated heterocycles. The molecule has 1 fully saturated rings. The van der Waals surface area contributed by atoms with Gasteiger partial charge in [-0.25, -0.2) is 0 Å². The second-order valence-electron chi connectivity index (χ2n) is 5.16. The molecule has 4 nitrogen and oxygen atoms in total. The summed E-state index contributed by atoms with van der Waals surface area (Å²) in [5.41, 5.74) is 0. The van der Waals surface area contributed by atoms with E-state index in [-0.39, 0.29) is 0 Å². The van der Waals surface area contributed by atoms with Crippen LogP contribution in [0.3, 0.4) is 0 Å². The van der Waals surface area contributed by atoms with Gasteiger partial charge in [0, 0.05) is 32.2 Å². The third kappa shape index (κ3) is 3.34. The van der Waals surface area contributed by atoms with Gasteiger partial charge in [-0.3, -0.25) is 4.90 Å². The monoisotopic (exact) mass is 251 g/mol. The number of nitrogens with one attached hydrogen (secondary N) is 2. The van der Waals surface area contributed by atoms with Crippen LogP contribution in [0.2, 0.25) is 0 Å². The van der Waals surface area contributed by atoms with Gasteiger partial charge in [-0.2, -0.15) is 0 Å². The van der Waals surface area contributed by atoms with Crippen LogP contribution in [0.5, 0.6) is 0 Å². The molecule has 2 heterocycles. The van der Waals surface area contributed by atoms with Gasteiger partial charge in [-0.05, 0) is 39.4 Å². The predicted octanol–water partition coefficient (Wildman–Crippen LogP) is 1.53. The zero-order valence-electron chi connectivity index (χ0n) is 11.7. The lowest BCUT2D eigenvalue weighted by Gasteiger charge is -2.34. The Kier molecular flexibility index (Phi) is 4.80. The summed E-state index contributed by atoms with van der Waals surface area (Å²) >= 11 is 0. The summed E-state index contributed by atoms with van der Waals surface area (Å²) in [5, 5.41) is 6.76. The van der Waals surface area contributed by atoms with Crippen LogP contribution in [-0.4, -0.2) is 44.2 Å². The summed E-state index contributed by atoms with van der Waals surface area (Å²) in [4.78, 5) is 2.55. The smallest absolute Gasteiger partial charge is 0.121 e. The quantitative estimate of drug-likeness (QED) is 0.833. The molecule has 0 aromatic carbocycles. The minimum atomic E-state index is 0.309. The Morgan fingerprint density at radius 2 is 2.11 bits per heavy atom. The Hall–Kier alpha value is -0.840. The third-order valence-corrected chi connectivity index (χ3v) is 3.80. The lowest BCUT2D eigenvalue weighted by atomic mass is 10.0. The van der Waals surface area contributed by atoms with Gasteiger partial charge < -0.3 is 15.1 Å². The predicted molar refractivity (Wildman–Crippen MR) is 73.8 cm³/mol. The summed E-state index contributed by atoms with van der Waals surface area (Å²) in [7, 11) is 2.01. The largest absolute Gasteiger partial charge is 0.465 e. The highest BCUT2D eigenvalue weighted by Crippen LogP contribution is 2.22. The Labute approximate surface area is 110 Å². The Bertz CT molecular complexity index is 358. The van der Waals surface area contributed by atoms with Crippen molar-refractivity contribution in [2.45, 2.75) is 32.4 Å². The molecule has 0 spiro atoms. The van der Waals surface area contributed by atoms with Crippen LogP contribution in [0.4, 0.5) is 0 Å². The van der Waals surface area contributed by atoms with Gasteiger partial charge >= 0.3 is 0 Å². The van der Waals surface area contributed by atoms with E-state index in [1.807, 2.05) is 20.0 Å². The fourth-order valence-electron chi connectivity index (χ4n) is 2.63. The van der Waals surface area contributed by atoms with Gasteiger partial charge in [-0.1, -0.05) is 0 Å². The van der Waals surface area contributed by atoms with E-state index >= 15 is 0 Å². The van der Waals surface area contributed by atoms with Crippen molar-refractivity contribution in [3.8, 4) is 0 Å². The SMILES string of the molecule is CNC(CC(C)N1CCNCC1)c1ccc(C)o1. The van der Waals surface area contributed by atoms with Crippen molar-refractivity contribution in [1.82, 2.24) is 15.5 Å². The fraction of sp³-hybridized carbons (Fsp3) is 0.714. The maximum atomic E-state index is 5.73. The van der Waals surface area contributed by atoms with E-state index in [1.165, 1.54) is 0 Å². The van der Waals surface area contributed by atoms with Gasteiger partial charge in [0.1, 0.15) is 11.5 Å². The standard InChI is InChI=1S/C14H25N3O/c1-11(17-8-6-16-7-9-17)10-13(15-3)14-5-4-12(2)18-14/h4-5,11,13,15-16H,6-10H2,1-3H3. The van der Waals surface area contributed by atoms with E-state index < -0.39 is 0 Å². The number of piperazine rings is 1. The number of furan rings is 1. The molecular formula is C14H25N3O. The Morgan fingerprint density at radius 1 is 1.39 bits per heavy atom. The van der Waals surface area contributed by atoms with E-state index in [4.69, 9.17) is 4.42 Å². The molecular weight excluding hydrogens is 226 g/mol. The van der Waals surface area contributed by atoms with E-state index in [2.05, 4.69) is 28.5 Å². The number of nitrogens with zero attached hydrogens (tertiary/aromatic N) is 1. The second kappa shape index (κ2) is 6.36. The highest BCUT2D eigenvalue weighted by Gasteiger charge is 2.22. The maximum Gasteiger partial charge on any atom is 0.121 e. The van der Waals surface area contributed by atoms with Gasteiger partial charge in [0.05, 0.1) is 6.04 Å². The van der Waals surface area contributed by atoms with Gasteiger partial charge in [-0.15, -0.1) is 0 Å². The average Bonchev–Trinajstić information content (AvgIpc) is 2.83. The summed E-state index contributed by atoms with van der Waals surface area (Å²) < 4.78 is 5.73. The molecule has 0 radical (unpaired) electrons. The van der Waals surface area contributed by atoms with Crippen molar-refractivity contribution >= 4 is 0 Å². The Morgan fingerprint density at radius 3 is 2.67 bits per heavy atom. The van der Waals surface area contributed by atoms with Crippen molar-refractivity contribution in [3.05, 3.63) is 23.7 Å². The number of hydrogen-bond donors (Lipinski definition) is 2. The molecule has 1 aliphatic rings. The molecule has 2 rings (SSSR count). The normalized spacial score (nSPS) is 20.8. The molecule has 18 heavy (non-hydrogen) atoms.